The summed E-state index contributed by atoms with van der Waals surface area (Å²) in [5, 5.41) is 34.6. The van der Waals surface area contributed by atoms with Gasteiger partial charge in [-0.3, -0.25) is 0 Å². The summed E-state index contributed by atoms with van der Waals surface area (Å²) in [7, 11) is 0. The Balaban J connectivity index is 0.000000192. The lowest BCUT2D eigenvalue weighted by atomic mass is 10.3. The van der Waals surface area contributed by atoms with Crippen LogP contribution in [0.5, 0.6) is 23.0 Å². The highest BCUT2D eigenvalue weighted by atomic mass is 16.6. The fraction of sp³-hybridized carbons (Fsp3) is 0.333. The van der Waals surface area contributed by atoms with Crippen molar-refractivity contribution in [2.75, 3.05) is 26.4 Å². The van der Waals surface area contributed by atoms with Crippen LogP contribution in [0.3, 0.4) is 0 Å². The van der Waals surface area contributed by atoms with Crippen LogP contribution in [0.25, 0.3) is 0 Å². The van der Waals surface area contributed by atoms with Crippen molar-refractivity contribution in [3.8, 4) is 23.0 Å². The van der Waals surface area contributed by atoms with Crippen molar-refractivity contribution < 1.29 is 40.1 Å². The third-order valence-electron chi connectivity index (χ3n) is 3.07. The molecule has 0 aliphatic carbocycles. The lowest BCUT2D eigenvalue weighted by Crippen LogP contribution is -2.06. The van der Waals surface area contributed by atoms with Crippen LogP contribution in [0.2, 0.25) is 0 Å². The van der Waals surface area contributed by atoms with Crippen molar-refractivity contribution in [1.82, 2.24) is 0 Å². The lowest BCUT2D eigenvalue weighted by Gasteiger charge is -1.95. The minimum atomic E-state index is 0. The van der Waals surface area contributed by atoms with Gasteiger partial charge in [-0.25, -0.2) is 0 Å². The van der Waals surface area contributed by atoms with E-state index in [9.17, 15) is 0 Å². The number of ether oxygens (including phenoxy) is 3. The predicted molar refractivity (Wildman–Crippen MR) is 93.5 cm³/mol. The van der Waals surface area contributed by atoms with Crippen LogP contribution in [0.15, 0.2) is 48.5 Å². The smallest absolute Gasteiger partial charge is 0.119 e. The second-order valence-electron chi connectivity index (χ2n) is 5.49. The zero-order valence-corrected chi connectivity index (χ0v) is 14.1. The quantitative estimate of drug-likeness (QED) is 0.592. The number of hydrogen-bond acceptors (Lipinski definition) is 7. The Morgan fingerprint density at radius 2 is 1.04 bits per heavy atom. The summed E-state index contributed by atoms with van der Waals surface area (Å²) in [5.74, 6) is 0.352. The van der Waals surface area contributed by atoms with Crippen molar-refractivity contribution in [2.45, 2.75) is 12.2 Å². The third kappa shape index (κ3) is 10.4. The number of benzene rings is 2. The molecule has 26 heavy (non-hydrogen) atoms. The molecule has 2 atom stereocenters. The van der Waals surface area contributed by atoms with Gasteiger partial charge in [-0.15, -0.1) is 0 Å². The minimum Gasteiger partial charge on any atom is -0.508 e. The van der Waals surface area contributed by atoms with Crippen LogP contribution in [-0.4, -0.2) is 64.5 Å². The first kappa shape index (κ1) is 21.5. The van der Waals surface area contributed by atoms with Crippen LogP contribution < -0.4 is 0 Å². The van der Waals surface area contributed by atoms with E-state index in [1.807, 2.05) is 0 Å². The molecule has 0 saturated carbocycles. The molecule has 2 aliphatic rings. The Hall–Kier alpha value is -2.52. The molecule has 2 heterocycles. The molecule has 8 heteroatoms. The molecule has 2 unspecified atom stereocenters. The Labute approximate surface area is 151 Å². The van der Waals surface area contributed by atoms with Gasteiger partial charge in [0.05, 0.1) is 26.4 Å². The van der Waals surface area contributed by atoms with E-state index in [0.717, 1.165) is 26.4 Å². The number of epoxide rings is 2. The van der Waals surface area contributed by atoms with E-state index in [1.165, 1.54) is 36.4 Å². The van der Waals surface area contributed by atoms with Gasteiger partial charge in [-0.2, -0.15) is 0 Å². The molecule has 0 spiro atoms. The first-order valence-corrected chi connectivity index (χ1v) is 7.80. The maximum absolute atomic E-state index is 8.65. The monoisotopic (exact) mass is 368 g/mol. The molecular formula is C18H24O8. The maximum atomic E-state index is 8.65. The van der Waals surface area contributed by atoms with Gasteiger partial charge in [-0.05, 0) is 24.3 Å². The molecule has 2 aromatic carbocycles. The van der Waals surface area contributed by atoms with Crippen molar-refractivity contribution in [2.24, 2.45) is 0 Å². The fourth-order valence-corrected chi connectivity index (χ4v) is 1.65. The summed E-state index contributed by atoms with van der Waals surface area (Å²) < 4.78 is 15.1. The SMILES string of the molecule is C(OCC1CO1)C1CO1.O.Oc1cccc(O)c1.Oc1cccc(O)c1. The van der Waals surface area contributed by atoms with E-state index >= 15 is 0 Å². The summed E-state index contributed by atoms with van der Waals surface area (Å²) in [6, 6.07) is 11.7. The van der Waals surface area contributed by atoms with Gasteiger partial charge in [-0.1, -0.05) is 12.1 Å². The van der Waals surface area contributed by atoms with Crippen LogP contribution in [-0.2, 0) is 14.2 Å². The molecule has 0 radical (unpaired) electrons. The molecule has 2 aromatic rings. The number of rotatable bonds is 4. The minimum absolute atomic E-state index is 0. The van der Waals surface area contributed by atoms with Crippen molar-refractivity contribution in [3.63, 3.8) is 0 Å². The molecule has 4 rings (SSSR count). The molecule has 0 bridgehead atoms. The lowest BCUT2D eigenvalue weighted by molar-refractivity contribution is 0.102. The van der Waals surface area contributed by atoms with Crippen molar-refractivity contribution in [1.29, 1.82) is 0 Å². The van der Waals surface area contributed by atoms with Gasteiger partial charge in [0.2, 0.25) is 0 Å². The van der Waals surface area contributed by atoms with Gasteiger partial charge in [0.25, 0.3) is 0 Å². The van der Waals surface area contributed by atoms with Gasteiger partial charge in [0.15, 0.2) is 0 Å². The van der Waals surface area contributed by atoms with E-state index in [4.69, 9.17) is 34.6 Å². The molecule has 6 N–H and O–H groups in total. The fourth-order valence-electron chi connectivity index (χ4n) is 1.65. The summed E-state index contributed by atoms with van der Waals surface area (Å²) in [6.45, 7) is 3.26. The molecule has 0 amide bonds. The topological polar surface area (TPSA) is 147 Å². The molecule has 2 saturated heterocycles. The average Bonchev–Trinajstić information content (AvgIpc) is 3.44. The summed E-state index contributed by atoms with van der Waals surface area (Å²) in [6.07, 6.45) is 0.785. The zero-order valence-electron chi connectivity index (χ0n) is 14.1. The van der Waals surface area contributed by atoms with E-state index in [-0.39, 0.29) is 28.5 Å². The van der Waals surface area contributed by atoms with Gasteiger partial charge < -0.3 is 40.1 Å². The summed E-state index contributed by atoms with van der Waals surface area (Å²) >= 11 is 0. The summed E-state index contributed by atoms with van der Waals surface area (Å²) in [4.78, 5) is 0. The standard InChI is InChI=1S/C6H10O3.2C6H6O2.H2O/c1(5-3-8-5)7-2-6-4-9-6;2*7-5-2-1-3-6(8)4-5;/h5-6H,1-4H2;2*1-4,7-8H;1H2. The Morgan fingerprint density at radius 3 is 1.23 bits per heavy atom. The zero-order chi connectivity index (χ0) is 18.1. The Morgan fingerprint density at radius 1 is 0.731 bits per heavy atom. The van der Waals surface area contributed by atoms with E-state index in [1.54, 1.807) is 12.1 Å². The predicted octanol–water partition coefficient (Wildman–Crippen LogP) is 1.17. The van der Waals surface area contributed by atoms with E-state index < -0.39 is 0 Å². The highest BCUT2D eigenvalue weighted by Gasteiger charge is 2.26. The molecule has 8 nitrogen and oxygen atoms in total. The highest BCUT2D eigenvalue weighted by molar-refractivity contribution is 5.30. The third-order valence-corrected chi connectivity index (χ3v) is 3.07. The van der Waals surface area contributed by atoms with Crippen LogP contribution in [0.4, 0.5) is 0 Å². The van der Waals surface area contributed by atoms with Crippen molar-refractivity contribution in [3.05, 3.63) is 48.5 Å². The van der Waals surface area contributed by atoms with Gasteiger partial charge in [0.1, 0.15) is 35.2 Å². The normalized spacial score (nSPS) is 18.9. The highest BCUT2D eigenvalue weighted by Crippen LogP contribution is 2.15. The first-order chi connectivity index (χ1) is 12.0. The number of hydrogen-bond donors (Lipinski definition) is 4. The Kier molecular flexibility index (Phi) is 9.24. The Bertz CT molecular complexity index is 551. The van der Waals surface area contributed by atoms with Crippen LogP contribution >= 0.6 is 0 Å². The largest absolute Gasteiger partial charge is 0.508 e. The average molecular weight is 368 g/mol. The van der Waals surface area contributed by atoms with Crippen LogP contribution in [0, 0.1) is 0 Å². The molecule has 144 valence electrons. The van der Waals surface area contributed by atoms with E-state index in [2.05, 4.69) is 0 Å². The number of aromatic hydroxyl groups is 4. The number of phenolic OH excluding ortho intramolecular Hbond substituents is 4. The van der Waals surface area contributed by atoms with Crippen molar-refractivity contribution >= 4 is 0 Å². The number of phenols is 4. The molecule has 2 fully saturated rings. The molecule has 2 aliphatic heterocycles. The molecular weight excluding hydrogens is 344 g/mol. The second-order valence-corrected chi connectivity index (χ2v) is 5.49. The second kappa shape index (κ2) is 11.2. The first-order valence-electron chi connectivity index (χ1n) is 7.80. The van der Waals surface area contributed by atoms with Crippen LogP contribution in [0.1, 0.15) is 0 Å². The van der Waals surface area contributed by atoms with Gasteiger partial charge in [0, 0.05) is 12.1 Å². The van der Waals surface area contributed by atoms with Gasteiger partial charge >= 0.3 is 0 Å². The molecule has 0 aromatic heterocycles. The van der Waals surface area contributed by atoms with E-state index in [0.29, 0.717) is 12.2 Å². The summed E-state index contributed by atoms with van der Waals surface area (Å²) in [5.41, 5.74) is 0. The maximum Gasteiger partial charge on any atom is 0.119 e.